The summed E-state index contributed by atoms with van der Waals surface area (Å²) in [7, 11) is 4.17. The highest BCUT2D eigenvalue weighted by Crippen LogP contribution is 2.40. The molecule has 0 saturated heterocycles. The van der Waals surface area contributed by atoms with E-state index in [1.807, 2.05) is 36.4 Å². The van der Waals surface area contributed by atoms with Gasteiger partial charge in [0.05, 0.1) is 5.41 Å². The molecule has 2 aromatic carbocycles. The zero-order chi connectivity index (χ0) is 19.2. The van der Waals surface area contributed by atoms with Gasteiger partial charge in [0.1, 0.15) is 5.78 Å². The fourth-order valence-electron chi connectivity index (χ4n) is 3.54. The SMILES string of the molecule is CC(C)CCC(=O)C(C[C@H](C)N(C)C)(c1ccccc1)c1ccccc1. The van der Waals surface area contributed by atoms with Crippen molar-refractivity contribution in [3.63, 3.8) is 0 Å². The van der Waals surface area contributed by atoms with Crippen LogP contribution in [0.5, 0.6) is 0 Å². The summed E-state index contributed by atoms with van der Waals surface area (Å²) in [6.45, 7) is 6.57. The lowest BCUT2D eigenvalue weighted by atomic mass is 9.66. The van der Waals surface area contributed by atoms with E-state index < -0.39 is 5.41 Å². The van der Waals surface area contributed by atoms with E-state index in [1.165, 1.54) is 0 Å². The highest BCUT2D eigenvalue weighted by Gasteiger charge is 2.42. The highest BCUT2D eigenvalue weighted by atomic mass is 16.1. The van der Waals surface area contributed by atoms with Crippen LogP contribution in [0.25, 0.3) is 0 Å². The van der Waals surface area contributed by atoms with Gasteiger partial charge < -0.3 is 4.90 Å². The van der Waals surface area contributed by atoms with Crippen LogP contribution in [0.15, 0.2) is 60.7 Å². The minimum atomic E-state index is -0.596. The molecule has 2 aromatic rings. The van der Waals surface area contributed by atoms with Crippen molar-refractivity contribution in [3.8, 4) is 0 Å². The summed E-state index contributed by atoms with van der Waals surface area (Å²) in [5.41, 5.74) is 1.61. The second-order valence-corrected chi connectivity index (χ2v) is 8.01. The third-order valence-electron chi connectivity index (χ3n) is 5.44. The molecule has 0 saturated carbocycles. The van der Waals surface area contributed by atoms with Crippen LogP contribution in [-0.2, 0) is 10.2 Å². The van der Waals surface area contributed by atoms with E-state index in [0.717, 1.165) is 24.0 Å². The topological polar surface area (TPSA) is 20.3 Å². The number of hydrogen-bond acceptors (Lipinski definition) is 2. The summed E-state index contributed by atoms with van der Waals surface area (Å²) in [5.74, 6) is 0.853. The van der Waals surface area contributed by atoms with Crippen molar-refractivity contribution in [3.05, 3.63) is 71.8 Å². The summed E-state index contributed by atoms with van der Waals surface area (Å²) in [5, 5.41) is 0. The Morgan fingerprint density at radius 1 is 0.885 bits per heavy atom. The van der Waals surface area contributed by atoms with E-state index in [9.17, 15) is 4.79 Å². The number of hydrogen-bond donors (Lipinski definition) is 0. The Kier molecular flexibility index (Phi) is 7.16. The van der Waals surface area contributed by atoms with Gasteiger partial charge in [0.2, 0.25) is 0 Å². The van der Waals surface area contributed by atoms with Gasteiger partial charge >= 0.3 is 0 Å². The van der Waals surface area contributed by atoms with Crippen molar-refractivity contribution in [1.29, 1.82) is 0 Å². The first-order chi connectivity index (χ1) is 12.4. The molecule has 1 atom stereocenters. The number of nitrogens with zero attached hydrogens (tertiary/aromatic N) is 1. The molecule has 2 nitrogen and oxygen atoms in total. The van der Waals surface area contributed by atoms with Gasteiger partial charge in [-0.1, -0.05) is 74.5 Å². The molecule has 0 aliphatic heterocycles. The van der Waals surface area contributed by atoms with Gasteiger partial charge in [0.15, 0.2) is 0 Å². The molecule has 2 heteroatoms. The summed E-state index contributed by atoms with van der Waals surface area (Å²) in [4.78, 5) is 15.9. The summed E-state index contributed by atoms with van der Waals surface area (Å²) in [6.07, 6.45) is 2.32. The lowest BCUT2D eigenvalue weighted by molar-refractivity contribution is -0.124. The van der Waals surface area contributed by atoms with Crippen LogP contribution in [-0.4, -0.2) is 30.8 Å². The molecule has 0 heterocycles. The number of ketones is 1. The van der Waals surface area contributed by atoms with Crippen molar-refractivity contribution >= 4 is 5.78 Å². The molecule has 26 heavy (non-hydrogen) atoms. The minimum absolute atomic E-state index is 0.290. The molecular weight excluding hydrogens is 318 g/mol. The standard InChI is InChI=1S/C24H33NO/c1-19(2)16-17-23(26)24(18-20(3)25(4)5,21-12-8-6-9-13-21)22-14-10-7-11-15-22/h6-15,19-20H,16-18H2,1-5H3/t20-/m0/s1. The van der Waals surface area contributed by atoms with Crippen LogP contribution < -0.4 is 0 Å². The molecule has 0 fully saturated rings. The van der Waals surface area contributed by atoms with Gasteiger partial charge in [-0.15, -0.1) is 0 Å². The zero-order valence-electron chi connectivity index (χ0n) is 16.9. The highest BCUT2D eigenvalue weighted by molar-refractivity contribution is 5.94. The van der Waals surface area contributed by atoms with E-state index in [-0.39, 0.29) is 0 Å². The molecule has 0 unspecified atom stereocenters. The Balaban J connectivity index is 2.60. The first-order valence-electron chi connectivity index (χ1n) is 9.68. The maximum Gasteiger partial charge on any atom is 0.147 e. The molecule has 0 radical (unpaired) electrons. The van der Waals surface area contributed by atoms with Crippen molar-refractivity contribution in [2.75, 3.05) is 14.1 Å². The minimum Gasteiger partial charge on any atom is -0.307 e. The molecule has 0 aromatic heterocycles. The molecular formula is C24H33NO. The fourth-order valence-corrected chi connectivity index (χ4v) is 3.54. The number of carbonyl (C=O) groups is 1. The monoisotopic (exact) mass is 351 g/mol. The van der Waals surface area contributed by atoms with Crippen LogP contribution in [0.1, 0.15) is 51.2 Å². The average Bonchev–Trinajstić information content (AvgIpc) is 2.65. The lowest BCUT2D eigenvalue weighted by Crippen LogP contribution is -2.43. The largest absolute Gasteiger partial charge is 0.307 e. The third kappa shape index (κ3) is 4.62. The van der Waals surface area contributed by atoms with Crippen molar-refractivity contribution < 1.29 is 4.79 Å². The van der Waals surface area contributed by atoms with Gasteiger partial charge in [0.25, 0.3) is 0 Å². The van der Waals surface area contributed by atoms with Gasteiger partial charge in [-0.25, -0.2) is 0 Å². The number of benzene rings is 2. The fraction of sp³-hybridized carbons (Fsp3) is 0.458. The Hall–Kier alpha value is -1.93. The Morgan fingerprint density at radius 2 is 1.35 bits per heavy atom. The van der Waals surface area contributed by atoms with Gasteiger partial charge in [-0.3, -0.25) is 4.79 Å². The van der Waals surface area contributed by atoms with Crippen LogP contribution in [0, 0.1) is 5.92 Å². The zero-order valence-corrected chi connectivity index (χ0v) is 16.9. The Labute approximate surface area is 159 Å². The molecule has 2 rings (SSSR count). The van der Waals surface area contributed by atoms with Crippen molar-refractivity contribution in [1.82, 2.24) is 4.90 Å². The Bertz CT molecular complexity index is 636. The molecule has 0 amide bonds. The molecule has 0 spiro atoms. The maximum atomic E-state index is 13.7. The first-order valence-corrected chi connectivity index (χ1v) is 9.68. The predicted molar refractivity (Wildman–Crippen MR) is 111 cm³/mol. The summed E-state index contributed by atoms with van der Waals surface area (Å²) in [6, 6.07) is 21.0. The second kappa shape index (κ2) is 9.14. The molecule has 0 bridgehead atoms. The van der Waals surface area contributed by atoms with Crippen molar-refractivity contribution in [2.24, 2.45) is 5.92 Å². The van der Waals surface area contributed by atoms with E-state index in [4.69, 9.17) is 0 Å². The maximum absolute atomic E-state index is 13.7. The first kappa shape index (κ1) is 20.4. The van der Waals surface area contributed by atoms with Crippen molar-refractivity contribution in [2.45, 2.75) is 51.5 Å². The molecule has 140 valence electrons. The number of carbonyl (C=O) groups excluding carboxylic acids is 1. The summed E-state index contributed by atoms with van der Waals surface area (Å²) >= 11 is 0. The molecule has 0 aliphatic rings. The van der Waals surface area contributed by atoms with Gasteiger partial charge in [0, 0.05) is 12.5 Å². The van der Waals surface area contributed by atoms with E-state index in [2.05, 4.69) is 64.0 Å². The second-order valence-electron chi connectivity index (χ2n) is 8.01. The summed E-state index contributed by atoms with van der Waals surface area (Å²) < 4.78 is 0. The molecule has 0 aliphatic carbocycles. The number of Topliss-reactive ketones (excluding diaryl/α,β-unsaturated/α-hetero) is 1. The van der Waals surface area contributed by atoms with E-state index >= 15 is 0 Å². The van der Waals surface area contributed by atoms with Gasteiger partial charge in [-0.05, 0) is 50.9 Å². The predicted octanol–water partition coefficient (Wildman–Crippen LogP) is 5.32. The van der Waals surface area contributed by atoms with Crippen LogP contribution in [0.2, 0.25) is 0 Å². The van der Waals surface area contributed by atoms with E-state index in [0.29, 0.717) is 24.2 Å². The van der Waals surface area contributed by atoms with Crippen LogP contribution in [0.4, 0.5) is 0 Å². The smallest absolute Gasteiger partial charge is 0.147 e. The number of rotatable bonds is 9. The average molecular weight is 352 g/mol. The molecule has 0 N–H and O–H groups in total. The van der Waals surface area contributed by atoms with Crippen LogP contribution >= 0.6 is 0 Å². The van der Waals surface area contributed by atoms with Crippen LogP contribution in [0.3, 0.4) is 0 Å². The van der Waals surface area contributed by atoms with Gasteiger partial charge in [-0.2, -0.15) is 0 Å². The Morgan fingerprint density at radius 3 is 1.73 bits per heavy atom. The van der Waals surface area contributed by atoms with E-state index in [1.54, 1.807) is 0 Å². The lowest BCUT2D eigenvalue weighted by Gasteiger charge is -2.38. The normalized spacial score (nSPS) is 13.2. The quantitative estimate of drug-likeness (QED) is 0.609. The third-order valence-corrected chi connectivity index (χ3v) is 5.44.